The van der Waals surface area contributed by atoms with Gasteiger partial charge < -0.3 is 4.74 Å². The van der Waals surface area contributed by atoms with E-state index in [1.54, 1.807) is 0 Å². The van der Waals surface area contributed by atoms with Crippen molar-refractivity contribution in [2.75, 3.05) is 19.8 Å². The lowest BCUT2D eigenvalue weighted by molar-refractivity contribution is -0.0367. The van der Waals surface area contributed by atoms with Crippen molar-refractivity contribution >= 4 is 11.6 Å². The van der Waals surface area contributed by atoms with E-state index < -0.39 is 0 Å². The van der Waals surface area contributed by atoms with Gasteiger partial charge >= 0.3 is 0 Å². The van der Waals surface area contributed by atoms with Crippen LogP contribution in [0.3, 0.4) is 0 Å². The van der Waals surface area contributed by atoms with Crippen molar-refractivity contribution in [2.45, 2.75) is 50.1 Å². The van der Waals surface area contributed by atoms with Crippen molar-refractivity contribution in [2.24, 2.45) is 7.05 Å². The Balaban J connectivity index is 1.38. The lowest BCUT2D eigenvalue weighted by Crippen LogP contribution is -2.52. The Morgan fingerprint density at radius 1 is 1.15 bits per heavy atom. The summed E-state index contributed by atoms with van der Waals surface area (Å²) >= 11 is 6.02. The van der Waals surface area contributed by atoms with E-state index >= 15 is 0 Å². The van der Waals surface area contributed by atoms with Crippen molar-refractivity contribution in [1.82, 2.24) is 19.7 Å². The second-order valence-corrected chi connectivity index (χ2v) is 8.02. The number of nitrogens with zero attached hydrogens (tertiary/aromatic N) is 4. The highest BCUT2D eigenvalue weighted by Gasteiger charge is 2.33. The smallest absolute Gasteiger partial charge is 0.153 e. The summed E-state index contributed by atoms with van der Waals surface area (Å²) in [4.78, 5) is 7.16. The van der Waals surface area contributed by atoms with Crippen LogP contribution < -0.4 is 0 Å². The predicted octanol–water partition coefficient (Wildman–Crippen LogP) is 3.44. The Bertz CT molecular complexity index is 709. The van der Waals surface area contributed by atoms with Gasteiger partial charge in [-0.15, -0.1) is 0 Å². The molecule has 1 saturated carbocycles. The molecule has 0 amide bonds. The molecular weight excluding hydrogens is 348 g/mol. The first kappa shape index (κ1) is 18.0. The second-order valence-electron chi connectivity index (χ2n) is 7.58. The maximum atomic E-state index is 6.02. The van der Waals surface area contributed by atoms with E-state index in [1.165, 1.54) is 31.2 Å². The van der Waals surface area contributed by atoms with Crippen LogP contribution in [-0.4, -0.2) is 51.5 Å². The van der Waals surface area contributed by atoms with Gasteiger partial charge in [0.2, 0.25) is 0 Å². The van der Waals surface area contributed by atoms with Crippen LogP contribution in [0.5, 0.6) is 0 Å². The average Bonchev–Trinajstić information content (AvgIpc) is 3.11. The number of rotatable bonds is 4. The molecule has 1 saturated heterocycles. The van der Waals surface area contributed by atoms with Gasteiger partial charge in [0.1, 0.15) is 6.33 Å². The number of aryl methyl sites for hydroxylation is 1. The third kappa shape index (κ3) is 4.11. The van der Waals surface area contributed by atoms with E-state index in [0.717, 1.165) is 37.0 Å². The Morgan fingerprint density at radius 3 is 2.62 bits per heavy atom. The standard InChI is InChI=1S/C20H27ClN4O/c1-24-14-22-20(23-24)16-4-8-18(9-5-16)25-10-11-26-13-19(25)12-15-2-6-17(21)7-3-15/h2-3,6-7,14,16,18-19H,4-5,8-13H2,1H3/t16?,18?,19-/m0/s1. The zero-order valence-corrected chi connectivity index (χ0v) is 16.1. The molecular formula is C20H27ClN4O. The highest BCUT2D eigenvalue weighted by Crippen LogP contribution is 2.34. The second kappa shape index (κ2) is 8.07. The number of benzene rings is 1. The largest absolute Gasteiger partial charge is 0.378 e. The minimum atomic E-state index is 0.458. The zero-order chi connectivity index (χ0) is 17.9. The molecule has 1 aromatic heterocycles. The van der Waals surface area contributed by atoms with Crippen molar-refractivity contribution in [1.29, 1.82) is 0 Å². The van der Waals surface area contributed by atoms with Crippen molar-refractivity contribution in [3.05, 3.63) is 47.0 Å². The number of hydrogen-bond acceptors (Lipinski definition) is 4. The van der Waals surface area contributed by atoms with Gasteiger partial charge in [-0.25, -0.2) is 4.98 Å². The maximum absolute atomic E-state index is 6.02. The Hall–Kier alpha value is -1.43. The average molecular weight is 375 g/mol. The molecule has 0 unspecified atom stereocenters. The van der Waals surface area contributed by atoms with E-state index in [4.69, 9.17) is 16.3 Å². The van der Waals surface area contributed by atoms with Crippen LogP contribution in [0.2, 0.25) is 5.02 Å². The van der Waals surface area contributed by atoms with E-state index in [0.29, 0.717) is 18.0 Å². The first-order chi connectivity index (χ1) is 12.7. The van der Waals surface area contributed by atoms with Crippen molar-refractivity contribution in [3.8, 4) is 0 Å². The molecule has 1 aliphatic heterocycles. The number of morpholine rings is 1. The quantitative estimate of drug-likeness (QED) is 0.822. The minimum Gasteiger partial charge on any atom is -0.378 e. The summed E-state index contributed by atoms with van der Waals surface area (Å²) in [7, 11) is 1.94. The minimum absolute atomic E-state index is 0.458. The molecule has 1 aromatic carbocycles. The fourth-order valence-electron chi connectivity index (χ4n) is 4.43. The molecule has 2 heterocycles. The summed E-state index contributed by atoms with van der Waals surface area (Å²) in [5.74, 6) is 1.54. The number of hydrogen-bond donors (Lipinski definition) is 0. The van der Waals surface area contributed by atoms with Crippen LogP contribution in [0, 0.1) is 0 Å². The van der Waals surface area contributed by atoms with Crippen LogP contribution in [0.15, 0.2) is 30.6 Å². The molecule has 0 N–H and O–H groups in total. The van der Waals surface area contributed by atoms with Crippen LogP contribution in [-0.2, 0) is 18.2 Å². The van der Waals surface area contributed by atoms with Gasteiger partial charge in [-0.3, -0.25) is 9.58 Å². The Labute approximate surface area is 160 Å². The summed E-state index contributed by atoms with van der Waals surface area (Å²) in [6, 6.07) is 9.35. The molecule has 1 aliphatic carbocycles. The molecule has 6 heteroatoms. The number of ether oxygens (including phenoxy) is 1. The maximum Gasteiger partial charge on any atom is 0.153 e. The molecule has 2 aliphatic rings. The molecule has 2 aromatic rings. The summed E-state index contributed by atoms with van der Waals surface area (Å²) < 4.78 is 7.61. The summed E-state index contributed by atoms with van der Waals surface area (Å²) in [6.07, 6.45) is 7.64. The van der Waals surface area contributed by atoms with E-state index in [1.807, 2.05) is 30.2 Å². The molecule has 2 fully saturated rings. The van der Waals surface area contributed by atoms with Crippen LogP contribution in [0.4, 0.5) is 0 Å². The Kier molecular flexibility index (Phi) is 5.57. The fraction of sp³-hybridized carbons (Fsp3) is 0.600. The van der Waals surface area contributed by atoms with E-state index in [2.05, 4.69) is 27.1 Å². The van der Waals surface area contributed by atoms with Gasteiger partial charge in [-0.2, -0.15) is 5.10 Å². The molecule has 1 atom stereocenters. The van der Waals surface area contributed by atoms with Crippen molar-refractivity contribution < 1.29 is 4.74 Å². The van der Waals surface area contributed by atoms with Gasteiger partial charge in [-0.1, -0.05) is 23.7 Å². The summed E-state index contributed by atoms with van der Waals surface area (Å²) in [5, 5.41) is 5.31. The van der Waals surface area contributed by atoms with Gasteiger partial charge in [0, 0.05) is 36.6 Å². The summed E-state index contributed by atoms with van der Waals surface area (Å²) in [6.45, 7) is 2.71. The lowest BCUT2D eigenvalue weighted by atomic mass is 9.84. The molecule has 0 radical (unpaired) electrons. The molecule has 140 valence electrons. The molecule has 26 heavy (non-hydrogen) atoms. The first-order valence-corrected chi connectivity index (χ1v) is 10.0. The van der Waals surface area contributed by atoms with Gasteiger partial charge in [0.25, 0.3) is 0 Å². The molecule has 0 spiro atoms. The fourth-order valence-corrected chi connectivity index (χ4v) is 4.55. The van der Waals surface area contributed by atoms with Crippen molar-refractivity contribution in [3.63, 3.8) is 0 Å². The highest BCUT2D eigenvalue weighted by atomic mass is 35.5. The normalized spacial score (nSPS) is 27.5. The Morgan fingerprint density at radius 2 is 1.92 bits per heavy atom. The van der Waals surface area contributed by atoms with Gasteiger partial charge in [-0.05, 0) is 49.8 Å². The first-order valence-electron chi connectivity index (χ1n) is 9.62. The molecule has 4 rings (SSSR count). The monoisotopic (exact) mass is 374 g/mol. The topological polar surface area (TPSA) is 43.2 Å². The van der Waals surface area contributed by atoms with Crippen LogP contribution in [0.1, 0.15) is 43.0 Å². The molecule has 0 bridgehead atoms. The van der Waals surface area contributed by atoms with Gasteiger partial charge in [0.05, 0.1) is 13.2 Å². The molecule has 5 nitrogen and oxygen atoms in total. The van der Waals surface area contributed by atoms with E-state index in [-0.39, 0.29) is 0 Å². The third-order valence-electron chi connectivity index (χ3n) is 5.81. The zero-order valence-electron chi connectivity index (χ0n) is 15.4. The summed E-state index contributed by atoms with van der Waals surface area (Å²) in [5.41, 5.74) is 1.33. The number of aromatic nitrogens is 3. The highest BCUT2D eigenvalue weighted by molar-refractivity contribution is 6.30. The SMILES string of the molecule is Cn1cnc(C2CCC(N3CCOC[C@@H]3Cc3ccc(Cl)cc3)CC2)n1. The van der Waals surface area contributed by atoms with Gasteiger partial charge in [0.15, 0.2) is 5.82 Å². The number of halogens is 1. The lowest BCUT2D eigenvalue weighted by Gasteiger charge is -2.43. The van der Waals surface area contributed by atoms with E-state index in [9.17, 15) is 0 Å². The van der Waals surface area contributed by atoms with Crippen LogP contribution >= 0.6 is 11.6 Å². The van der Waals surface area contributed by atoms with Crippen LogP contribution in [0.25, 0.3) is 0 Å². The third-order valence-corrected chi connectivity index (χ3v) is 6.06. The predicted molar refractivity (Wildman–Crippen MR) is 102 cm³/mol.